The SMILES string of the molecule is Cc1cc(C)nc(-c2cc(-n3c4ccccc4c4ccc(-c5nc(-c6ccccc6)nc(-c6ccccc6)n5)cc43)c(C#N)c(-n3c4ccccc4c4ccc(-c5nc(-c6ccccc6)nc(-c6ccccc6)n5)cc43)c2)n1. The van der Waals surface area contributed by atoms with Crippen molar-refractivity contribution in [2.75, 3.05) is 0 Å². The van der Waals surface area contributed by atoms with Gasteiger partial charge in [0, 0.05) is 71.9 Å². The van der Waals surface area contributed by atoms with Gasteiger partial charge in [-0.2, -0.15) is 5.26 Å². The number of aromatic nitrogens is 10. The van der Waals surface area contributed by atoms with Crippen LogP contribution in [-0.4, -0.2) is 49.0 Å². The van der Waals surface area contributed by atoms with Crippen molar-refractivity contribution in [2.45, 2.75) is 13.8 Å². The molecule has 0 spiro atoms. The first kappa shape index (κ1) is 45.8. The van der Waals surface area contributed by atoms with Gasteiger partial charge in [-0.15, -0.1) is 0 Å². The van der Waals surface area contributed by atoms with Gasteiger partial charge in [-0.3, -0.25) is 0 Å². The van der Waals surface area contributed by atoms with Crippen LogP contribution in [-0.2, 0) is 0 Å². The summed E-state index contributed by atoms with van der Waals surface area (Å²) in [5.74, 6) is 3.84. The maximum atomic E-state index is 11.9. The lowest BCUT2D eigenvalue weighted by Gasteiger charge is -2.18. The van der Waals surface area contributed by atoms with Crippen LogP contribution in [0.1, 0.15) is 17.0 Å². The van der Waals surface area contributed by atoms with Crippen molar-refractivity contribution < 1.29 is 0 Å². The zero-order valence-corrected chi connectivity index (χ0v) is 42.3. The van der Waals surface area contributed by atoms with E-state index >= 15 is 0 Å². The van der Waals surface area contributed by atoms with E-state index in [1.807, 2.05) is 153 Å². The second-order valence-electron chi connectivity index (χ2n) is 19.2. The van der Waals surface area contributed by atoms with Gasteiger partial charge in [0.05, 0.1) is 33.4 Å². The quantitative estimate of drug-likeness (QED) is 0.138. The second kappa shape index (κ2) is 18.8. The number of rotatable bonds is 9. The maximum Gasteiger partial charge on any atom is 0.164 e. The van der Waals surface area contributed by atoms with Gasteiger partial charge in [0.15, 0.2) is 40.8 Å². The molecular weight excluding hydrogens is 959 g/mol. The smallest absolute Gasteiger partial charge is 0.164 e. The Morgan fingerprint density at radius 2 is 0.590 bits per heavy atom. The number of nitriles is 1. The number of para-hydroxylation sites is 2. The Bertz CT molecular complexity index is 4300. The van der Waals surface area contributed by atoms with E-state index in [2.05, 4.69) is 100 Å². The van der Waals surface area contributed by atoms with Crippen LogP contribution in [0.5, 0.6) is 0 Å². The van der Waals surface area contributed by atoms with E-state index in [0.29, 0.717) is 57.7 Å². The third kappa shape index (κ3) is 8.00. The summed E-state index contributed by atoms with van der Waals surface area (Å²) in [5, 5.41) is 15.9. The number of benzene rings is 9. The summed E-state index contributed by atoms with van der Waals surface area (Å²) in [6.45, 7) is 3.96. The Morgan fingerprint density at radius 1 is 0.282 bits per heavy atom. The predicted molar refractivity (Wildman–Crippen MR) is 310 cm³/mol. The monoisotopic (exact) mass is 1000 g/mol. The summed E-state index contributed by atoms with van der Waals surface area (Å²) in [6.07, 6.45) is 0. The van der Waals surface area contributed by atoms with Crippen molar-refractivity contribution in [2.24, 2.45) is 0 Å². The topological polar surface area (TPSA) is 137 Å². The molecule has 11 heteroatoms. The molecule has 14 rings (SSSR count). The molecule has 0 bridgehead atoms. The summed E-state index contributed by atoms with van der Waals surface area (Å²) >= 11 is 0. The Hall–Kier alpha value is -10.8. The fourth-order valence-electron chi connectivity index (χ4n) is 10.7. The predicted octanol–water partition coefficient (Wildman–Crippen LogP) is 15.2. The van der Waals surface area contributed by atoms with Gasteiger partial charge in [0.25, 0.3) is 0 Å². The van der Waals surface area contributed by atoms with E-state index in [9.17, 15) is 5.26 Å². The molecule has 0 saturated heterocycles. The van der Waals surface area contributed by atoms with Gasteiger partial charge < -0.3 is 9.13 Å². The normalized spacial score (nSPS) is 11.4. The third-order valence-electron chi connectivity index (χ3n) is 14.2. The van der Waals surface area contributed by atoms with E-state index < -0.39 is 0 Å². The van der Waals surface area contributed by atoms with Crippen LogP contribution in [0.25, 0.3) is 135 Å². The molecule has 0 aliphatic heterocycles. The molecule has 9 aromatic carbocycles. The summed E-state index contributed by atoms with van der Waals surface area (Å²) in [6, 6.07) is 78.0. The molecule has 78 heavy (non-hydrogen) atoms. The average Bonchev–Trinajstić information content (AvgIpc) is 4.19. The lowest BCUT2D eigenvalue weighted by Crippen LogP contribution is -2.06. The molecule has 0 aliphatic carbocycles. The minimum absolute atomic E-state index is 0.444. The zero-order valence-electron chi connectivity index (χ0n) is 42.3. The van der Waals surface area contributed by atoms with Crippen molar-refractivity contribution >= 4 is 43.6 Å². The van der Waals surface area contributed by atoms with E-state index in [-0.39, 0.29) is 0 Å². The van der Waals surface area contributed by atoms with Gasteiger partial charge >= 0.3 is 0 Å². The summed E-state index contributed by atoms with van der Waals surface area (Å²) in [5.41, 5.74) is 12.8. The Labute approximate surface area is 448 Å². The minimum Gasteiger partial charge on any atom is -0.308 e. The molecule has 0 fully saturated rings. The van der Waals surface area contributed by atoms with Crippen molar-refractivity contribution in [3.05, 3.63) is 241 Å². The van der Waals surface area contributed by atoms with Crippen molar-refractivity contribution in [1.29, 1.82) is 5.26 Å². The molecule has 0 aliphatic rings. The number of aryl methyl sites for hydroxylation is 2. The van der Waals surface area contributed by atoms with Crippen LogP contribution in [0.15, 0.2) is 224 Å². The summed E-state index contributed by atoms with van der Waals surface area (Å²) in [7, 11) is 0. The van der Waals surface area contributed by atoms with Crippen LogP contribution in [0, 0.1) is 25.2 Å². The van der Waals surface area contributed by atoms with E-state index in [0.717, 1.165) is 93.9 Å². The highest BCUT2D eigenvalue weighted by molar-refractivity contribution is 6.12. The molecule has 366 valence electrons. The number of hydrogen-bond donors (Lipinski definition) is 0. The molecule has 0 amide bonds. The van der Waals surface area contributed by atoms with E-state index in [4.69, 9.17) is 39.9 Å². The summed E-state index contributed by atoms with van der Waals surface area (Å²) < 4.78 is 4.39. The maximum absolute atomic E-state index is 11.9. The number of fused-ring (bicyclic) bond motifs is 6. The van der Waals surface area contributed by atoms with Crippen molar-refractivity contribution in [3.8, 4) is 97.2 Å². The third-order valence-corrected chi connectivity index (χ3v) is 14.2. The molecular formula is C67H43N11. The largest absolute Gasteiger partial charge is 0.308 e. The minimum atomic E-state index is 0.444. The van der Waals surface area contributed by atoms with Crippen LogP contribution < -0.4 is 0 Å². The van der Waals surface area contributed by atoms with Crippen LogP contribution in [0.4, 0.5) is 0 Å². The Balaban J connectivity index is 1.04. The molecule has 14 aromatic rings. The number of nitrogens with zero attached hydrogens (tertiary/aromatic N) is 11. The van der Waals surface area contributed by atoms with Gasteiger partial charge in [0.1, 0.15) is 11.6 Å². The highest BCUT2D eigenvalue weighted by Gasteiger charge is 2.25. The van der Waals surface area contributed by atoms with Gasteiger partial charge in [-0.05, 0) is 56.3 Å². The van der Waals surface area contributed by atoms with Crippen LogP contribution in [0.3, 0.4) is 0 Å². The van der Waals surface area contributed by atoms with E-state index in [1.54, 1.807) is 0 Å². The zero-order chi connectivity index (χ0) is 52.3. The summed E-state index contributed by atoms with van der Waals surface area (Å²) in [4.78, 5) is 40.5. The van der Waals surface area contributed by atoms with Crippen LogP contribution >= 0.6 is 0 Å². The molecule has 0 saturated carbocycles. The Morgan fingerprint density at radius 3 is 0.949 bits per heavy atom. The first-order chi connectivity index (χ1) is 38.4. The van der Waals surface area contributed by atoms with E-state index in [1.165, 1.54) is 0 Å². The standard InChI is InChI=1S/C67H43N11/c1-41-35-42(2)70-67(69-41)49-38-59(77-55-29-17-15-27-50(55)52-33-31-47(36-57(52)77)65-73-61(43-19-7-3-8-20-43)71-62(74-65)44-21-9-4-10-22-44)54(40-68)60(39-49)78-56-30-18-16-28-51(56)53-34-32-48(37-58(53)78)66-75-63(45-23-11-5-12-24-45)72-64(76-66)46-25-13-6-14-26-46/h3-39H,1-2H3. The molecule has 5 heterocycles. The van der Waals surface area contributed by atoms with Crippen LogP contribution in [0.2, 0.25) is 0 Å². The fourth-order valence-corrected chi connectivity index (χ4v) is 10.7. The van der Waals surface area contributed by atoms with Gasteiger partial charge in [-0.25, -0.2) is 39.9 Å². The first-order valence-corrected chi connectivity index (χ1v) is 25.6. The Kier molecular flexibility index (Phi) is 11.0. The van der Waals surface area contributed by atoms with Gasteiger partial charge in [-0.1, -0.05) is 182 Å². The molecule has 11 nitrogen and oxygen atoms in total. The van der Waals surface area contributed by atoms with Crippen molar-refractivity contribution in [3.63, 3.8) is 0 Å². The average molecular weight is 1000 g/mol. The highest BCUT2D eigenvalue weighted by Crippen LogP contribution is 2.42. The number of hydrogen-bond acceptors (Lipinski definition) is 9. The first-order valence-electron chi connectivity index (χ1n) is 25.6. The molecule has 0 atom stereocenters. The molecule has 0 unspecified atom stereocenters. The van der Waals surface area contributed by atoms with Crippen molar-refractivity contribution in [1.82, 2.24) is 49.0 Å². The fraction of sp³-hybridized carbons (Fsp3) is 0.0299. The molecule has 5 aromatic heterocycles. The molecule has 0 radical (unpaired) electrons. The lowest BCUT2D eigenvalue weighted by molar-refractivity contribution is 1.05. The van der Waals surface area contributed by atoms with Gasteiger partial charge in [0.2, 0.25) is 0 Å². The lowest BCUT2D eigenvalue weighted by atomic mass is 10.0. The molecule has 0 N–H and O–H groups in total. The second-order valence-corrected chi connectivity index (χ2v) is 19.2. The highest BCUT2D eigenvalue weighted by atomic mass is 15.1.